The van der Waals surface area contributed by atoms with E-state index in [4.69, 9.17) is 4.98 Å². The zero-order chi connectivity index (χ0) is 19.0. The third-order valence-corrected chi connectivity index (χ3v) is 5.79. The van der Waals surface area contributed by atoms with Crippen LogP contribution in [0.3, 0.4) is 0 Å². The van der Waals surface area contributed by atoms with Crippen molar-refractivity contribution in [1.29, 1.82) is 0 Å². The first-order valence-corrected chi connectivity index (χ1v) is 9.85. The summed E-state index contributed by atoms with van der Waals surface area (Å²) in [7, 11) is 0. The molecule has 4 rings (SSSR count). The van der Waals surface area contributed by atoms with Crippen LogP contribution in [0.25, 0.3) is 0 Å². The van der Waals surface area contributed by atoms with Crippen molar-refractivity contribution in [2.24, 2.45) is 5.92 Å². The third-order valence-electron chi connectivity index (χ3n) is 5.79. The quantitative estimate of drug-likeness (QED) is 0.749. The molecule has 0 bridgehead atoms. The van der Waals surface area contributed by atoms with E-state index in [0.717, 1.165) is 36.8 Å². The molecule has 7 heteroatoms. The summed E-state index contributed by atoms with van der Waals surface area (Å²) < 4.78 is 0. The predicted molar refractivity (Wildman–Crippen MR) is 102 cm³/mol. The summed E-state index contributed by atoms with van der Waals surface area (Å²) in [6.07, 6.45) is 5.21. The number of nitrogens with zero attached hydrogens (tertiary/aromatic N) is 5. The summed E-state index contributed by atoms with van der Waals surface area (Å²) in [6, 6.07) is 0. The second kappa shape index (κ2) is 7.29. The Morgan fingerprint density at radius 1 is 1.26 bits per heavy atom. The molecule has 1 aromatic rings. The molecule has 3 aliphatic heterocycles. The average molecular weight is 369 g/mol. The van der Waals surface area contributed by atoms with Crippen LogP contribution in [0.15, 0.2) is 12.7 Å². The summed E-state index contributed by atoms with van der Waals surface area (Å²) in [4.78, 5) is 40.4. The van der Waals surface area contributed by atoms with Crippen molar-refractivity contribution in [3.63, 3.8) is 0 Å². The predicted octanol–water partition coefficient (Wildman–Crippen LogP) is 1.30. The molecule has 1 atom stereocenters. The van der Waals surface area contributed by atoms with Gasteiger partial charge in [0, 0.05) is 44.7 Å². The minimum Gasteiger partial charge on any atom is -0.356 e. The smallest absolute Gasteiger partial charge is 0.228 e. The molecule has 0 unspecified atom stereocenters. The zero-order valence-corrected chi connectivity index (χ0v) is 16.0. The van der Waals surface area contributed by atoms with Crippen molar-refractivity contribution in [2.75, 3.05) is 37.6 Å². The number of aromatic nitrogens is 2. The van der Waals surface area contributed by atoms with Crippen molar-refractivity contribution in [3.05, 3.63) is 29.7 Å². The van der Waals surface area contributed by atoms with Crippen LogP contribution in [0.4, 0.5) is 5.82 Å². The maximum absolute atomic E-state index is 13.0. The maximum Gasteiger partial charge on any atom is 0.228 e. The summed E-state index contributed by atoms with van der Waals surface area (Å²) in [5.74, 6) is 1.69. The van der Waals surface area contributed by atoms with Crippen molar-refractivity contribution in [2.45, 2.75) is 39.2 Å². The Hall–Kier alpha value is -2.44. The molecule has 1 aromatic heterocycles. The highest BCUT2D eigenvalue weighted by atomic mass is 16.2. The minimum absolute atomic E-state index is 0.0418. The lowest BCUT2D eigenvalue weighted by Gasteiger charge is -2.32. The molecule has 2 amide bonds. The van der Waals surface area contributed by atoms with Gasteiger partial charge in [-0.3, -0.25) is 9.59 Å². The summed E-state index contributed by atoms with van der Waals surface area (Å²) in [5, 5.41) is 0. The molecule has 3 aliphatic rings. The van der Waals surface area contributed by atoms with Crippen LogP contribution in [-0.4, -0.2) is 64.3 Å². The number of rotatable bonds is 4. The zero-order valence-electron chi connectivity index (χ0n) is 16.0. The second-order valence-corrected chi connectivity index (χ2v) is 7.71. The van der Waals surface area contributed by atoms with Gasteiger partial charge in [-0.25, -0.2) is 9.97 Å². The summed E-state index contributed by atoms with van der Waals surface area (Å²) in [6.45, 7) is 9.90. The molecule has 2 fully saturated rings. The van der Waals surface area contributed by atoms with Crippen molar-refractivity contribution in [3.8, 4) is 0 Å². The number of likely N-dealkylation sites (tertiary alicyclic amines) is 1. The number of hydrogen-bond acceptors (Lipinski definition) is 5. The van der Waals surface area contributed by atoms with E-state index in [1.54, 1.807) is 11.0 Å². The number of anilines is 1. The molecule has 7 nitrogen and oxygen atoms in total. The van der Waals surface area contributed by atoms with Gasteiger partial charge < -0.3 is 14.7 Å². The van der Waals surface area contributed by atoms with Gasteiger partial charge in [-0.15, -0.1) is 6.58 Å². The van der Waals surface area contributed by atoms with Gasteiger partial charge in [0.1, 0.15) is 11.6 Å². The molecule has 0 N–H and O–H groups in total. The van der Waals surface area contributed by atoms with Gasteiger partial charge in [-0.2, -0.15) is 0 Å². The Kier molecular flexibility index (Phi) is 4.85. The first-order chi connectivity index (χ1) is 13.1. The molecule has 2 saturated heterocycles. The highest BCUT2D eigenvalue weighted by Gasteiger charge is 2.37. The lowest BCUT2D eigenvalue weighted by molar-refractivity contribution is -0.136. The van der Waals surface area contributed by atoms with Gasteiger partial charge in [0.25, 0.3) is 0 Å². The fourth-order valence-electron chi connectivity index (χ4n) is 4.44. The van der Waals surface area contributed by atoms with Gasteiger partial charge in [0.05, 0.1) is 18.2 Å². The monoisotopic (exact) mass is 369 g/mol. The lowest BCUT2D eigenvalue weighted by Crippen LogP contribution is -2.41. The number of carbonyl (C=O) groups is 2. The van der Waals surface area contributed by atoms with E-state index in [0.29, 0.717) is 32.6 Å². The van der Waals surface area contributed by atoms with Gasteiger partial charge in [0.2, 0.25) is 11.8 Å². The summed E-state index contributed by atoms with van der Waals surface area (Å²) in [5.41, 5.74) is 2.17. The molecule has 4 heterocycles. The van der Waals surface area contributed by atoms with E-state index < -0.39 is 0 Å². The van der Waals surface area contributed by atoms with Crippen molar-refractivity contribution in [1.82, 2.24) is 19.8 Å². The topological polar surface area (TPSA) is 69.6 Å². The van der Waals surface area contributed by atoms with Gasteiger partial charge in [0.15, 0.2) is 0 Å². The Morgan fingerprint density at radius 3 is 2.78 bits per heavy atom. The number of hydrogen-bond donors (Lipinski definition) is 0. The third kappa shape index (κ3) is 3.42. The highest BCUT2D eigenvalue weighted by Crippen LogP contribution is 2.30. The van der Waals surface area contributed by atoms with Crippen LogP contribution in [0.5, 0.6) is 0 Å². The largest absolute Gasteiger partial charge is 0.356 e. The van der Waals surface area contributed by atoms with E-state index in [1.165, 1.54) is 18.4 Å². The highest BCUT2D eigenvalue weighted by molar-refractivity contribution is 5.89. The van der Waals surface area contributed by atoms with Gasteiger partial charge >= 0.3 is 0 Å². The number of fused-ring (bicyclic) bond motifs is 1. The normalized spacial score (nSPS) is 22.3. The molecule has 0 aliphatic carbocycles. The lowest BCUT2D eigenvalue weighted by atomic mass is 10.0. The number of aryl methyl sites for hydroxylation is 1. The number of carbonyl (C=O) groups excluding carboxylic acids is 2. The fourth-order valence-corrected chi connectivity index (χ4v) is 4.44. The first-order valence-electron chi connectivity index (χ1n) is 9.85. The molecular formula is C20H27N5O2. The first kappa shape index (κ1) is 17.9. The second-order valence-electron chi connectivity index (χ2n) is 7.71. The van der Waals surface area contributed by atoms with E-state index >= 15 is 0 Å². The van der Waals surface area contributed by atoms with Crippen LogP contribution in [0, 0.1) is 12.8 Å². The molecule has 0 saturated carbocycles. The van der Waals surface area contributed by atoms with Crippen molar-refractivity contribution >= 4 is 17.6 Å². The number of amides is 2. The molecule has 27 heavy (non-hydrogen) atoms. The molecule has 0 aromatic carbocycles. The van der Waals surface area contributed by atoms with E-state index in [2.05, 4.69) is 16.5 Å². The van der Waals surface area contributed by atoms with E-state index in [9.17, 15) is 9.59 Å². The fraction of sp³-hybridized carbons (Fsp3) is 0.600. The standard InChI is InChI=1S/C20H27N5O2/c1-3-7-24-12-15(11-18(24)26)20(27)25-10-6-16-17(13-25)21-14(2)22-19(16)23-8-4-5-9-23/h3,15H,1,4-13H2,2H3/t15-/m1/s1. The Balaban J connectivity index is 1.51. The maximum atomic E-state index is 13.0. The average Bonchev–Trinajstić information content (AvgIpc) is 3.31. The van der Waals surface area contributed by atoms with Crippen LogP contribution in [0.2, 0.25) is 0 Å². The molecule has 0 radical (unpaired) electrons. The van der Waals surface area contributed by atoms with Gasteiger partial charge in [-0.1, -0.05) is 6.08 Å². The van der Waals surface area contributed by atoms with Crippen molar-refractivity contribution < 1.29 is 9.59 Å². The Labute approximate surface area is 160 Å². The Morgan fingerprint density at radius 2 is 2.04 bits per heavy atom. The molecule has 144 valence electrons. The van der Waals surface area contributed by atoms with Crippen LogP contribution >= 0.6 is 0 Å². The van der Waals surface area contributed by atoms with Crippen LogP contribution in [0.1, 0.15) is 36.3 Å². The van der Waals surface area contributed by atoms with E-state index in [1.807, 2.05) is 11.8 Å². The van der Waals surface area contributed by atoms with E-state index in [-0.39, 0.29) is 17.7 Å². The van der Waals surface area contributed by atoms with Gasteiger partial charge in [-0.05, 0) is 26.2 Å². The van der Waals surface area contributed by atoms with Crippen LogP contribution < -0.4 is 4.90 Å². The molecular weight excluding hydrogens is 342 g/mol. The summed E-state index contributed by atoms with van der Waals surface area (Å²) >= 11 is 0. The molecule has 0 spiro atoms. The minimum atomic E-state index is -0.250. The van der Waals surface area contributed by atoms with Crippen LogP contribution in [-0.2, 0) is 22.6 Å². The Bertz CT molecular complexity index is 772. The SMILES string of the molecule is C=CCN1C[C@H](C(=O)N2CCc3c(nc(C)nc3N3CCCC3)C2)CC1=O.